The highest BCUT2D eigenvalue weighted by molar-refractivity contribution is 5.79. The van der Waals surface area contributed by atoms with Crippen LogP contribution in [0.2, 0.25) is 0 Å². The fourth-order valence-electron chi connectivity index (χ4n) is 6.55. The Labute approximate surface area is 196 Å². The highest BCUT2D eigenvalue weighted by atomic mass is 19.1. The van der Waals surface area contributed by atoms with Crippen LogP contribution in [0.4, 0.5) is 8.78 Å². The molecule has 3 unspecified atom stereocenters. The van der Waals surface area contributed by atoms with E-state index < -0.39 is 11.6 Å². The number of hydrogen-bond donors (Lipinski definition) is 0. The first-order valence-electron chi connectivity index (χ1n) is 12.5. The van der Waals surface area contributed by atoms with E-state index in [4.69, 9.17) is 4.74 Å². The van der Waals surface area contributed by atoms with Gasteiger partial charge in [-0.1, -0.05) is 6.42 Å². The number of terminal acetylenes is 1. The minimum Gasteiger partial charge on any atom is -0.484 e. The van der Waals surface area contributed by atoms with Gasteiger partial charge in [-0.25, -0.2) is 8.78 Å². The molecule has 1 aromatic rings. The molecule has 4 fully saturated rings. The maximum Gasteiger partial charge on any atom is 0.225 e. The third-order valence-corrected chi connectivity index (χ3v) is 8.23. The number of fused-ring (bicyclic) bond motifs is 2. The van der Waals surface area contributed by atoms with E-state index in [0.717, 1.165) is 43.8 Å². The lowest BCUT2D eigenvalue weighted by atomic mass is 9.89. The van der Waals surface area contributed by atoms with Crippen LogP contribution < -0.4 is 4.74 Å². The van der Waals surface area contributed by atoms with Crippen molar-refractivity contribution >= 4 is 5.91 Å². The molecule has 2 saturated carbocycles. The first-order chi connectivity index (χ1) is 16.0. The van der Waals surface area contributed by atoms with Gasteiger partial charge in [-0.05, 0) is 81.6 Å². The molecule has 3 atom stereocenters. The van der Waals surface area contributed by atoms with Gasteiger partial charge in [0.15, 0.2) is 17.4 Å². The Bertz CT molecular complexity index is 834. The molecule has 6 heteroatoms. The molecule has 0 N–H and O–H groups in total. The summed E-state index contributed by atoms with van der Waals surface area (Å²) >= 11 is 0. The molecule has 0 spiro atoms. The van der Waals surface area contributed by atoms with Crippen molar-refractivity contribution in [2.24, 2.45) is 17.8 Å². The molecule has 2 saturated heterocycles. The number of nitrogens with zero attached hydrogens (tertiary/aromatic N) is 2. The number of likely N-dealkylation sites (tertiary alicyclic amines) is 2. The fourth-order valence-corrected chi connectivity index (χ4v) is 6.55. The van der Waals surface area contributed by atoms with Crippen LogP contribution in [0, 0.1) is 49.2 Å². The number of benzene rings is 1. The first kappa shape index (κ1) is 24.0. The molecule has 0 aromatic heterocycles. The highest BCUT2D eigenvalue weighted by Gasteiger charge is 2.43. The van der Waals surface area contributed by atoms with E-state index in [9.17, 15) is 13.6 Å². The zero-order valence-electron chi connectivity index (χ0n) is 19.6. The summed E-state index contributed by atoms with van der Waals surface area (Å²) in [7, 11) is 0. The number of hydrogen-bond acceptors (Lipinski definition) is 3. The van der Waals surface area contributed by atoms with E-state index in [1.807, 2.05) is 4.90 Å². The molecule has 180 valence electrons. The van der Waals surface area contributed by atoms with E-state index >= 15 is 0 Å². The van der Waals surface area contributed by atoms with Gasteiger partial charge >= 0.3 is 0 Å². The summed E-state index contributed by atoms with van der Waals surface area (Å²) in [5.41, 5.74) is 0.536. The molecular weight excluding hydrogens is 422 g/mol. The second kappa shape index (κ2) is 10.4. The van der Waals surface area contributed by atoms with Gasteiger partial charge < -0.3 is 14.5 Å². The predicted molar refractivity (Wildman–Crippen MR) is 125 cm³/mol. The second-order valence-corrected chi connectivity index (χ2v) is 10.3. The molecule has 1 aromatic carbocycles. The van der Waals surface area contributed by atoms with E-state index in [1.54, 1.807) is 6.92 Å². The number of amides is 1. The van der Waals surface area contributed by atoms with Crippen LogP contribution in [-0.4, -0.2) is 54.0 Å². The van der Waals surface area contributed by atoms with Crippen LogP contribution in [0.3, 0.4) is 0 Å². The Morgan fingerprint density at radius 2 is 1.58 bits per heavy atom. The van der Waals surface area contributed by atoms with Crippen molar-refractivity contribution in [1.29, 1.82) is 0 Å². The molecule has 4 nitrogen and oxygen atoms in total. The second-order valence-electron chi connectivity index (χ2n) is 10.3. The van der Waals surface area contributed by atoms with Crippen molar-refractivity contribution in [2.45, 2.75) is 70.4 Å². The van der Waals surface area contributed by atoms with E-state index in [1.165, 1.54) is 37.8 Å². The SMILES string of the molecule is C#C.Cc1cc(F)c(OC2CCN(C(=O)C3CCN(C4CC5CCC4C5)CC3)CC2)c(F)c1. The normalized spacial score (nSPS) is 28.4. The highest BCUT2D eigenvalue weighted by Crippen LogP contribution is 2.47. The van der Waals surface area contributed by atoms with Crippen LogP contribution in [0.5, 0.6) is 5.75 Å². The van der Waals surface area contributed by atoms with Gasteiger partial charge in [0.1, 0.15) is 6.10 Å². The van der Waals surface area contributed by atoms with Crippen molar-refractivity contribution in [3.05, 3.63) is 29.3 Å². The minimum absolute atomic E-state index is 0.124. The van der Waals surface area contributed by atoms with Crippen molar-refractivity contribution in [3.63, 3.8) is 0 Å². The zero-order valence-corrected chi connectivity index (χ0v) is 19.6. The molecule has 2 aliphatic carbocycles. The van der Waals surface area contributed by atoms with Crippen LogP contribution in [0.1, 0.15) is 56.9 Å². The van der Waals surface area contributed by atoms with E-state index in [2.05, 4.69) is 17.7 Å². The third kappa shape index (κ3) is 5.19. The van der Waals surface area contributed by atoms with Gasteiger partial charge in [-0.15, -0.1) is 12.8 Å². The van der Waals surface area contributed by atoms with Crippen molar-refractivity contribution in [2.75, 3.05) is 26.2 Å². The Hall–Kier alpha value is -2.13. The number of aryl methyl sites for hydroxylation is 1. The van der Waals surface area contributed by atoms with E-state index in [0.29, 0.717) is 31.5 Å². The molecule has 0 radical (unpaired) electrons. The number of rotatable bonds is 4. The summed E-state index contributed by atoms with van der Waals surface area (Å²) in [4.78, 5) is 17.7. The monoisotopic (exact) mass is 458 g/mol. The molecule has 2 heterocycles. The molecule has 2 aliphatic heterocycles. The summed E-state index contributed by atoms with van der Waals surface area (Å²) in [5.74, 6) is 0.650. The smallest absolute Gasteiger partial charge is 0.225 e. The average Bonchev–Trinajstić information content (AvgIpc) is 3.47. The lowest BCUT2D eigenvalue weighted by Gasteiger charge is -2.41. The van der Waals surface area contributed by atoms with Crippen molar-refractivity contribution in [1.82, 2.24) is 9.80 Å². The third-order valence-electron chi connectivity index (χ3n) is 8.23. The topological polar surface area (TPSA) is 32.8 Å². The molecule has 33 heavy (non-hydrogen) atoms. The Balaban J connectivity index is 0.00000126. The maximum absolute atomic E-state index is 14.1. The quantitative estimate of drug-likeness (QED) is 0.608. The van der Waals surface area contributed by atoms with Crippen molar-refractivity contribution in [3.8, 4) is 18.6 Å². The summed E-state index contributed by atoms with van der Waals surface area (Å²) in [6.45, 7) is 4.96. The number of halogens is 2. The molecule has 1 amide bonds. The van der Waals surface area contributed by atoms with Gasteiger partial charge in [0, 0.05) is 37.9 Å². The van der Waals surface area contributed by atoms with Crippen LogP contribution >= 0.6 is 0 Å². The number of carbonyl (C=O) groups excluding carboxylic acids is 1. The average molecular weight is 459 g/mol. The number of ether oxygens (including phenoxy) is 1. The van der Waals surface area contributed by atoms with Gasteiger partial charge in [0.05, 0.1) is 0 Å². The molecule has 2 bridgehead atoms. The summed E-state index contributed by atoms with van der Waals surface area (Å²) < 4.78 is 33.8. The Kier molecular flexibility index (Phi) is 7.58. The van der Waals surface area contributed by atoms with Crippen LogP contribution in [-0.2, 0) is 4.79 Å². The summed E-state index contributed by atoms with van der Waals surface area (Å²) in [6.07, 6.45) is 16.5. The van der Waals surface area contributed by atoms with Gasteiger partial charge in [0.25, 0.3) is 0 Å². The fraction of sp³-hybridized carbons (Fsp3) is 0.667. The molecular formula is C27H36F2N2O2. The summed E-state index contributed by atoms with van der Waals surface area (Å²) in [5, 5.41) is 0. The minimum atomic E-state index is -0.654. The summed E-state index contributed by atoms with van der Waals surface area (Å²) in [6, 6.07) is 3.35. The van der Waals surface area contributed by atoms with Gasteiger partial charge in [-0.2, -0.15) is 0 Å². The largest absolute Gasteiger partial charge is 0.484 e. The van der Waals surface area contributed by atoms with Gasteiger partial charge in [0.2, 0.25) is 5.91 Å². The predicted octanol–water partition coefficient (Wildman–Crippen LogP) is 4.79. The van der Waals surface area contributed by atoms with Crippen LogP contribution in [0.15, 0.2) is 12.1 Å². The molecule has 5 rings (SSSR count). The standard InChI is InChI=1S/C25H34F2N2O2.C2H2/c1-16-12-21(26)24(22(27)13-16)31-20-6-10-29(11-7-20)25(30)18-4-8-28(9-5-18)23-15-17-2-3-19(23)14-17;1-2/h12-13,17-20,23H,2-11,14-15H2,1H3;1-2H. The Morgan fingerprint density at radius 3 is 2.12 bits per heavy atom. The number of piperidine rings is 2. The number of carbonyl (C=O) groups is 1. The lowest BCUT2D eigenvalue weighted by Crippen LogP contribution is -2.49. The lowest BCUT2D eigenvalue weighted by molar-refractivity contribution is -0.139. The van der Waals surface area contributed by atoms with Gasteiger partial charge in [-0.3, -0.25) is 4.79 Å². The maximum atomic E-state index is 14.1. The molecule has 4 aliphatic rings. The first-order valence-corrected chi connectivity index (χ1v) is 12.5. The Morgan fingerprint density at radius 1 is 0.939 bits per heavy atom. The zero-order chi connectivity index (χ0) is 23.5. The van der Waals surface area contributed by atoms with E-state index in [-0.39, 0.29) is 23.7 Å². The van der Waals surface area contributed by atoms with Crippen LogP contribution in [0.25, 0.3) is 0 Å². The van der Waals surface area contributed by atoms with Crippen molar-refractivity contribution < 1.29 is 18.3 Å².